The smallest absolute Gasteiger partial charge is 0.167 e. The molecule has 0 aliphatic carbocycles. The number of hydrogen-bond acceptors (Lipinski definition) is 5. The van der Waals surface area contributed by atoms with Gasteiger partial charge in [0.15, 0.2) is 11.5 Å². The second-order valence-corrected chi connectivity index (χ2v) is 2.89. The number of nitrogens with zero attached hydrogens (tertiary/aromatic N) is 1. The molecule has 0 aliphatic heterocycles. The number of nitrogens with two attached hydrogens (primary N) is 1. The number of aliphatic imine (C=N–C) groups is 1. The van der Waals surface area contributed by atoms with Crippen molar-refractivity contribution in [2.75, 3.05) is 7.05 Å². The number of hydrogen-bond donors (Lipinski definition) is 4. The van der Waals surface area contributed by atoms with Crippen molar-refractivity contribution in [2.24, 2.45) is 10.7 Å². The van der Waals surface area contributed by atoms with Crippen LogP contribution in [0.3, 0.4) is 0 Å². The van der Waals surface area contributed by atoms with Crippen LogP contribution in [0.4, 0.5) is 0 Å². The lowest BCUT2D eigenvalue weighted by atomic mass is 10.1. The summed E-state index contributed by atoms with van der Waals surface area (Å²) in [6, 6.07) is 2.28. The van der Waals surface area contributed by atoms with E-state index in [2.05, 4.69) is 4.99 Å². The molecule has 0 fully saturated rings. The Hall–Kier alpha value is -2.17. The summed E-state index contributed by atoms with van der Waals surface area (Å²) in [5.74, 6) is -0.967. The first-order chi connectivity index (χ1) is 7.06. The van der Waals surface area contributed by atoms with Crippen LogP contribution in [0.25, 0.3) is 5.70 Å². The van der Waals surface area contributed by atoms with Crippen LogP contribution in [0.1, 0.15) is 5.56 Å². The van der Waals surface area contributed by atoms with Crippen molar-refractivity contribution in [3.63, 3.8) is 0 Å². The van der Waals surface area contributed by atoms with E-state index in [9.17, 15) is 15.3 Å². The van der Waals surface area contributed by atoms with Gasteiger partial charge in [0.2, 0.25) is 0 Å². The van der Waals surface area contributed by atoms with Gasteiger partial charge in [-0.2, -0.15) is 0 Å². The van der Waals surface area contributed by atoms with E-state index in [1.807, 2.05) is 0 Å². The van der Waals surface area contributed by atoms with Crippen LogP contribution in [0.2, 0.25) is 0 Å². The predicted octanol–water partition coefficient (Wildman–Crippen LogP) is 0.804. The first-order valence-electron chi connectivity index (χ1n) is 4.19. The highest BCUT2D eigenvalue weighted by atomic mass is 16.3. The average molecular weight is 208 g/mol. The predicted molar refractivity (Wildman–Crippen MR) is 58.0 cm³/mol. The number of benzene rings is 1. The van der Waals surface area contributed by atoms with Crippen molar-refractivity contribution < 1.29 is 15.3 Å². The largest absolute Gasteiger partial charge is 0.508 e. The Balaban J connectivity index is 3.25. The van der Waals surface area contributed by atoms with E-state index in [4.69, 9.17) is 5.73 Å². The van der Waals surface area contributed by atoms with Crippen LogP contribution in [0.15, 0.2) is 23.2 Å². The molecule has 0 saturated carbocycles. The van der Waals surface area contributed by atoms with Gasteiger partial charge in [-0.3, -0.25) is 4.99 Å². The zero-order valence-corrected chi connectivity index (χ0v) is 8.18. The summed E-state index contributed by atoms with van der Waals surface area (Å²) in [6.45, 7) is 0. The maximum Gasteiger partial charge on any atom is 0.167 e. The molecule has 80 valence electrons. The summed E-state index contributed by atoms with van der Waals surface area (Å²) in [7, 11) is 1.57. The maximum absolute atomic E-state index is 9.47. The molecule has 0 amide bonds. The molecule has 0 heterocycles. The van der Waals surface area contributed by atoms with Gasteiger partial charge in [0.25, 0.3) is 0 Å². The molecule has 0 atom stereocenters. The molecule has 0 spiro atoms. The fraction of sp³-hybridized carbons (Fsp3) is 0.100. The SMILES string of the molecule is CN=C/C=C(/N)c1cc(O)cc(O)c1O. The normalized spacial score (nSPS) is 12.2. The van der Waals surface area contributed by atoms with Crippen molar-refractivity contribution in [3.8, 4) is 17.2 Å². The lowest BCUT2D eigenvalue weighted by Gasteiger charge is -2.06. The van der Waals surface area contributed by atoms with E-state index >= 15 is 0 Å². The van der Waals surface area contributed by atoms with Crippen LogP contribution in [0.5, 0.6) is 17.2 Å². The standard InChI is InChI=1S/C10H12N2O3/c1-12-3-2-8(11)7-4-6(13)5-9(14)10(7)15/h2-5,13-15H,11H2,1H3/b8-2+,12-3?. The second kappa shape index (κ2) is 4.36. The molecule has 0 aromatic heterocycles. The number of allylic oxidation sites excluding steroid dienone is 1. The van der Waals surface area contributed by atoms with Crippen LogP contribution < -0.4 is 5.73 Å². The van der Waals surface area contributed by atoms with Crippen molar-refractivity contribution >= 4 is 11.9 Å². The lowest BCUT2D eigenvalue weighted by molar-refractivity contribution is 0.395. The second-order valence-electron chi connectivity index (χ2n) is 2.89. The number of phenols is 3. The number of aromatic hydroxyl groups is 3. The molecule has 0 aliphatic rings. The Kier molecular flexibility index (Phi) is 3.17. The summed E-state index contributed by atoms with van der Waals surface area (Å²) in [5.41, 5.74) is 5.97. The Labute approximate surface area is 86.8 Å². The lowest BCUT2D eigenvalue weighted by Crippen LogP contribution is -1.97. The molecule has 15 heavy (non-hydrogen) atoms. The highest BCUT2D eigenvalue weighted by Crippen LogP contribution is 2.35. The highest BCUT2D eigenvalue weighted by molar-refractivity contribution is 5.85. The van der Waals surface area contributed by atoms with Gasteiger partial charge < -0.3 is 21.1 Å². The third-order valence-corrected chi connectivity index (χ3v) is 1.79. The number of phenolic OH excluding ortho intramolecular Hbond substituents is 3. The number of rotatable bonds is 2. The van der Waals surface area contributed by atoms with Gasteiger partial charge in [0.05, 0.1) is 0 Å². The quantitative estimate of drug-likeness (QED) is 0.328. The van der Waals surface area contributed by atoms with Crippen LogP contribution in [0, 0.1) is 0 Å². The van der Waals surface area contributed by atoms with Crippen molar-refractivity contribution in [1.82, 2.24) is 0 Å². The van der Waals surface area contributed by atoms with Crippen molar-refractivity contribution in [2.45, 2.75) is 0 Å². The minimum Gasteiger partial charge on any atom is -0.508 e. The van der Waals surface area contributed by atoms with Gasteiger partial charge in [0, 0.05) is 30.6 Å². The van der Waals surface area contributed by atoms with Crippen LogP contribution in [-0.2, 0) is 0 Å². The molecular formula is C10H12N2O3. The van der Waals surface area contributed by atoms with Crippen molar-refractivity contribution in [1.29, 1.82) is 0 Å². The molecule has 1 rings (SSSR count). The molecule has 0 radical (unpaired) electrons. The molecule has 0 unspecified atom stereocenters. The molecule has 5 N–H and O–H groups in total. The molecule has 5 heteroatoms. The van der Waals surface area contributed by atoms with E-state index in [0.29, 0.717) is 0 Å². The van der Waals surface area contributed by atoms with E-state index in [-0.39, 0.29) is 22.8 Å². The van der Waals surface area contributed by atoms with E-state index in [1.54, 1.807) is 7.05 Å². The van der Waals surface area contributed by atoms with E-state index in [1.165, 1.54) is 18.4 Å². The van der Waals surface area contributed by atoms with Gasteiger partial charge in [-0.25, -0.2) is 0 Å². The summed E-state index contributed by atoms with van der Waals surface area (Å²) in [4.78, 5) is 3.69. The fourth-order valence-corrected chi connectivity index (χ4v) is 1.07. The molecule has 1 aromatic rings. The minimum atomic E-state index is -0.421. The molecule has 5 nitrogen and oxygen atoms in total. The Bertz CT molecular complexity index is 425. The first kappa shape index (κ1) is 10.9. The third-order valence-electron chi connectivity index (χ3n) is 1.79. The zero-order chi connectivity index (χ0) is 11.4. The third kappa shape index (κ3) is 2.40. The summed E-state index contributed by atoms with van der Waals surface area (Å²) >= 11 is 0. The van der Waals surface area contributed by atoms with Crippen LogP contribution in [-0.4, -0.2) is 28.6 Å². The van der Waals surface area contributed by atoms with E-state index < -0.39 is 5.75 Å². The summed E-state index contributed by atoms with van der Waals surface area (Å²) < 4.78 is 0. The first-order valence-corrected chi connectivity index (χ1v) is 4.19. The summed E-state index contributed by atoms with van der Waals surface area (Å²) in [5, 5.41) is 27.9. The molecule has 0 bridgehead atoms. The monoisotopic (exact) mass is 208 g/mol. The molecule has 0 saturated heterocycles. The Morgan fingerprint density at radius 2 is 2.00 bits per heavy atom. The van der Waals surface area contributed by atoms with Gasteiger partial charge in [-0.15, -0.1) is 0 Å². The summed E-state index contributed by atoms with van der Waals surface area (Å²) in [6.07, 6.45) is 2.89. The topological polar surface area (TPSA) is 99.1 Å². The minimum absolute atomic E-state index is 0.160. The van der Waals surface area contributed by atoms with Crippen molar-refractivity contribution in [3.05, 3.63) is 23.8 Å². The average Bonchev–Trinajstić information content (AvgIpc) is 2.19. The van der Waals surface area contributed by atoms with Gasteiger partial charge in [-0.05, 0) is 12.1 Å². The van der Waals surface area contributed by atoms with E-state index in [0.717, 1.165) is 6.07 Å². The highest BCUT2D eigenvalue weighted by Gasteiger charge is 2.10. The maximum atomic E-state index is 9.47. The fourth-order valence-electron chi connectivity index (χ4n) is 1.07. The Morgan fingerprint density at radius 3 is 2.60 bits per heavy atom. The molecular weight excluding hydrogens is 196 g/mol. The van der Waals surface area contributed by atoms with Gasteiger partial charge in [-0.1, -0.05) is 0 Å². The van der Waals surface area contributed by atoms with Crippen LogP contribution >= 0.6 is 0 Å². The zero-order valence-electron chi connectivity index (χ0n) is 8.18. The van der Waals surface area contributed by atoms with Gasteiger partial charge >= 0.3 is 0 Å². The molecule has 1 aromatic carbocycles. The van der Waals surface area contributed by atoms with Gasteiger partial charge in [0.1, 0.15) is 5.75 Å². The Morgan fingerprint density at radius 1 is 1.33 bits per heavy atom.